The van der Waals surface area contributed by atoms with E-state index < -0.39 is 0 Å². The highest BCUT2D eigenvalue weighted by atomic mass is 35.5. The van der Waals surface area contributed by atoms with Crippen LogP contribution >= 0.6 is 11.6 Å². The topological polar surface area (TPSA) is 82.0 Å². The van der Waals surface area contributed by atoms with Crippen molar-refractivity contribution in [3.8, 4) is 11.1 Å². The molecule has 2 aromatic carbocycles. The first-order valence-electron chi connectivity index (χ1n) is 11.3. The molecule has 4 rings (SSSR count). The van der Waals surface area contributed by atoms with Gasteiger partial charge in [0, 0.05) is 23.4 Å². The highest BCUT2D eigenvalue weighted by molar-refractivity contribution is 6.29. The van der Waals surface area contributed by atoms with Gasteiger partial charge in [-0.05, 0) is 67.0 Å². The Hall–Kier alpha value is -2.69. The second-order valence-electron chi connectivity index (χ2n) is 8.76. The smallest absolute Gasteiger partial charge is 0.220 e. The quantitative estimate of drug-likeness (QED) is 0.468. The van der Waals surface area contributed by atoms with E-state index in [1.165, 1.54) is 5.56 Å². The molecule has 0 saturated heterocycles. The molecule has 4 nitrogen and oxygen atoms in total. The number of nitrogens with zero attached hydrogens (tertiary/aromatic N) is 1. The molecule has 0 bridgehead atoms. The summed E-state index contributed by atoms with van der Waals surface area (Å²) in [6, 6.07) is 24.7. The molecule has 3 aromatic rings. The highest BCUT2D eigenvalue weighted by Gasteiger charge is 2.36. The van der Waals surface area contributed by atoms with E-state index in [2.05, 4.69) is 42.5 Å². The van der Waals surface area contributed by atoms with Crippen LogP contribution in [0.5, 0.6) is 0 Å². The third kappa shape index (κ3) is 5.03. The minimum Gasteiger partial charge on any atom is -0.369 e. The number of pyridine rings is 1. The molecule has 0 radical (unpaired) electrons. The largest absolute Gasteiger partial charge is 0.369 e. The van der Waals surface area contributed by atoms with E-state index >= 15 is 0 Å². The first-order valence-corrected chi connectivity index (χ1v) is 11.7. The van der Waals surface area contributed by atoms with Crippen molar-refractivity contribution in [3.63, 3.8) is 0 Å². The number of nitrogens with two attached hydrogens (primary N) is 2. The second-order valence-corrected chi connectivity index (χ2v) is 9.15. The predicted octanol–water partition coefficient (Wildman–Crippen LogP) is 5.52. The van der Waals surface area contributed by atoms with E-state index in [0.29, 0.717) is 17.6 Å². The van der Waals surface area contributed by atoms with E-state index in [9.17, 15) is 4.79 Å². The lowest BCUT2D eigenvalue weighted by Gasteiger charge is -2.37. The number of benzene rings is 2. The van der Waals surface area contributed by atoms with Gasteiger partial charge in [-0.3, -0.25) is 4.79 Å². The Kier molecular flexibility index (Phi) is 7.23. The molecule has 1 saturated carbocycles. The lowest BCUT2D eigenvalue weighted by atomic mass is 9.68. The molecular formula is C27H30ClN3O. The number of primary amides is 1. The molecule has 1 amide bonds. The van der Waals surface area contributed by atoms with Gasteiger partial charge in [0.2, 0.25) is 5.91 Å². The van der Waals surface area contributed by atoms with Gasteiger partial charge < -0.3 is 11.5 Å². The minimum absolute atomic E-state index is 0.0350. The number of aromatic nitrogens is 1. The average molecular weight is 448 g/mol. The number of halogens is 1. The maximum absolute atomic E-state index is 11.7. The van der Waals surface area contributed by atoms with E-state index in [1.54, 1.807) is 0 Å². The SMILES string of the molecule is NCC(c1ccccc1)C(c1cc(-c2ccccc2)cc(Cl)n1)C1CCC(C(N)=O)CC1. The molecule has 32 heavy (non-hydrogen) atoms. The molecule has 5 heteroatoms. The number of carbonyl (C=O) groups is 1. The van der Waals surface area contributed by atoms with Crippen LogP contribution in [-0.4, -0.2) is 17.4 Å². The Bertz CT molecular complexity index is 1030. The Labute approximate surface area is 195 Å². The molecular weight excluding hydrogens is 418 g/mol. The maximum atomic E-state index is 11.7. The van der Waals surface area contributed by atoms with E-state index in [-0.39, 0.29) is 23.7 Å². The van der Waals surface area contributed by atoms with Gasteiger partial charge in [0.05, 0.1) is 0 Å². The molecule has 166 valence electrons. The van der Waals surface area contributed by atoms with Crippen LogP contribution in [0.2, 0.25) is 5.15 Å². The van der Waals surface area contributed by atoms with Gasteiger partial charge in [0.1, 0.15) is 5.15 Å². The fraction of sp³-hybridized carbons (Fsp3) is 0.333. The Morgan fingerprint density at radius 3 is 2.16 bits per heavy atom. The van der Waals surface area contributed by atoms with Crippen molar-refractivity contribution in [1.29, 1.82) is 0 Å². The first kappa shape index (κ1) is 22.5. The lowest BCUT2D eigenvalue weighted by molar-refractivity contribution is -0.123. The lowest BCUT2D eigenvalue weighted by Crippen LogP contribution is -2.33. The summed E-state index contributed by atoms with van der Waals surface area (Å²) in [6.45, 7) is 0.513. The Morgan fingerprint density at radius 2 is 1.56 bits per heavy atom. The zero-order valence-electron chi connectivity index (χ0n) is 18.2. The summed E-state index contributed by atoms with van der Waals surface area (Å²) >= 11 is 6.54. The van der Waals surface area contributed by atoms with Gasteiger partial charge in [0.25, 0.3) is 0 Å². The highest BCUT2D eigenvalue weighted by Crippen LogP contribution is 2.45. The van der Waals surface area contributed by atoms with Crippen molar-refractivity contribution in [3.05, 3.63) is 89.2 Å². The molecule has 0 aliphatic heterocycles. The third-order valence-electron chi connectivity index (χ3n) is 6.86. The van der Waals surface area contributed by atoms with Crippen molar-refractivity contribution < 1.29 is 4.79 Å². The van der Waals surface area contributed by atoms with Crippen LogP contribution in [0.3, 0.4) is 0 Å². The molecule has 4 N–H and O–H groups in total. The van der Waals surface area contributed by atoms with Crippen LogP contribution in [0.25, 0.3) is 11.1 Å². The van der Waals surface area contributed by atoms with Crippen molar-refractivity contribution in [2.24, 2.45) is 23.3 Å². The summed E-state index contributed by atoms with van der Waals surface area (Å²) in [5, 5.41) is 0.487. The summed E-state index contributed by atoms with van der Waals surface area (Å²) in [5.74, 6) is 0.352. The second kappa shape index (κ2) is 10.3. The van der Waals surface area contributed by atoms with Gasteiger partial charge in [0.15, 0.2) is 0 Å². The van der Waals surface area contributed by atoms with E-state index in [1.807, 2.05) is 30.3 Å². The van der Waals surface area contributed by atoms with E-state index in [4.69, 9.17) is 28.1 Å². The summed E-state index contributed by atoms with van der Waals surface area (Å²) in [5.41, 5.74) is 16.3. The first-order chi connectivity index (χ1) is 15.6. The van der Waals surface area contributed by atoms with Crippen LogP contribution in [0.4, 0.5) is 0 Å². The molecule has 1 fully saturated rings. The van der Waals surface area contributed by atoms with E-state index in [0.717, 1.165) is 42.5 Å². The standard InChI is InChI=1S/C27H30ClN3O/c28-25-16-22(18-7-3-1-4-8-18)15-24(31-25)26(20-11-13-21(14-12-20)27(30)32)23(17-29)19-9-5-2-6-10-19/h1-10,15-16,20-21,23,26H,11-14,17,29H2,(H2,30,32). The predicted molar refractivity (Wildman–Crippen MR) is 130 cm³/mol. The molecule has 0 spiro atoms. The molecule has 2 unspecified atom stereocenters. The summed E-state index contributed by atoms with van der Waals surface area (Å²) in [4.78, 5) is 16.5. The van der Waals surface area contributed by atoms with Crippen LogP contribution in [0, 0.1) is 11.8 Å². The number of carbonyl (C=O) groups excluding carboxylic acids is 1. The number of amides is 1. The third-order valence-corrected chi connectivity index (χ3v) is 7.05. The van der Waals surface area contributed by atoms with Crippen LogP contribution < -0.4 is 11.5 Å². The average Bonchev–Trinajstić information content (AvgIpc) is 2.83. The number of rotatable bonds is 7. The van der Waals surface area contributed by atoms with Gasteiger partial charge in [-0.1, -0.05) is 72.3 Å². The summed E-state index contributed by atoms with van der Waals surface area (Å²) in [6.07, 6.45) is 3.48. The van der Waals surface area contributed by atoms with Crippen LogP contribution in [0.1, 0.15) is 48.8 Å². The monoisotopic (exact) mass is 447 g/mol. The molecule has 1 aromatic heterocycles. The normalized spacial score (nSPS) is 20.4. The fourth-order valence-electron chi connectivity index (χ4n) is 5.21. The van der Waals surface area contributed by atoms with Gasteiger partial charge in [-0.2, -0.15) is 0 Å². The Morgan fingerprint density at radius 1 is 0.938 bits per heavy atom. The maximum Gasteiger partial charge on any atom is 0.220 e. The number of hydrogen-bond donors (Lipinski definition) is 2. The van der Waals surface area contributed by atoms with Crippen LogP contribution in [0.15, 0.2) is 72.8 Å². The molecule has 2 atom stereocenters. The van der Waals surface area contributed by atoms with Crippen LogP contribution in [-0.2, 0) is 4.79 Å². The van der Waals surface area contributed by atoms with Crippen molar-refractivity contribution in [1.82, 2.24) is 4.98 Å². The van der Waals surface area contributed by atoms with Crippen molar-refractivity contribution >= 4 is 17.5 Å². The zero-order chi connectivity index (χ0) is 22.5. The zero-order valence-corrected chi connectivity index (χ0v) is 18.9. The minimum atomic E-state index is -0.189. The van der Waals surface area contributed by atoms with Gasteiger partial charge in [-0.15, -0.1) is 0 Å². The number of hydrogen-bond acceptors (Lipinski definition) is 3. The molecule has 1 aliphatic rings. The molecule has 1 heterocycles. The fourth-order valence-corrected chi connectivity index (χ4v) is 5.43. The van der Waals surface area contributed by atoms with Gasteiger partial charge >= 0.3 is 0 Å². The molecule has 1 aliphatic carbocycles. The summed E-state index contributed by atoms with van der Waals surface area (Å²) in [7, 11) is 0. The summed E-state index contributed by atoms with van der Waals surface area (Å²) < 4.78 is 0. The van der Waals surface area contributed by atoms with Crippen molar-refractivity contribution in [2.45, 2.75) is 37.5 Å². The van der Waals surface area contributed by atoms with Gasteiger partial charge in [-0.25, -0.2) is 4.98 Å². The van der Waals surface area contributed by atoms with Crippen molar-refractivity contribution in [2.75, 3.05) is 6.54 Å². The Balaban J connectivity index is 1.76.